The Morgan fingerprint density at radius 3 is 2.80 bits per heavy atom. The van der Waals surface area contributed by atoms with Crippen LogP contribution in [0.1, 0.15) is 10.4 Å². The van der Waals surface area contributed by atoms with E-state index in [0.717, 1.165) is 17.0 Å². The minimum absolute atomic E-state index is 0.00342. The molecule has 0 aliphatic heterocycles. The van der Waals surface area contributed by atoms with E-state index in [2.05, 4.69) is 20.6 Å². The van der Waals surface area contributed by atoms with Crippen LogP contribution in [0, 0.1) is 5.82 Å². The van der Waals surface area contributed by atoms with Crippen molar-refractivity contribution in [1.29, 1.82) is 0 Å². The third-order valence-electron chi connectivity index (χ3n) is 3.58. The van der Waals surface area contributed by atoms with E-state index >= 15 is 0 Å². The fourth-order valence-corrected chi connectivity index (χ4v) is 2.43. The highest BCUT2D eigenvalue weighted by Gasteiger charge is 2.16. The van der Waals surface area contributed by atoms with E-state index in [1.54, 1.807) is 12.3 Å². The van der Waals surface area contributed by atoms with Gasteiger partial charge in [-0.1, -0.05) is 6.07 Å². The van der Waals surface area contributed by atoms with Crippen molar-refractivity contribution in [3.8, 4) is 0 Å². The lowest BCUT2D eigenvalue weighted by Gasteiger charge is -2.14. The molecular formula is C17H17FN6O. The zero-order valence-corrected chi connectivity index (χ0v) is 13.3. The molecule has 0 fully saturated rings. The van der Waals surface area contributed by atoms with Crippen LogP contribution in [0.25, 0.3) is 10.9 Å². The summed E-state index contributed by atoms with van der Waals surface area (Å²) in [6, 6.07) is 10.2. The van der Waals surface area contributed by atoms with Crippen molar-refractivity contribution >= 4 is 34.1 Å². The molecule has 1 aromatic carbocycles. The molecule has 0 bridgehead atoms. The normalized spacial score (nSPS) is 10.6. The summed E-state index contributed by atoms with van der Waals surface area (Å²) in [7, 11) is 0. The largest absolute Gasteiger partial charge is 0.366 e. The zero-order chi connectivity index (χ0) is 17.8. The predicted molar refractivity (Wildman–Crippen MR) is 95.3 cm³/mol. The summed E-state index contributed by atoms with van der Waals surface area (Å²) in [4.78, 5) is 20.1. The summed E-state index contributed by atoms with van der Waals surface area (Å²) in [6.45, 7) is 0.661. The van der Waals surface area contributed by atoms with E-state index in [-0.39, 0.29) is 17.2 Å². The summed E-state index contributed by atoms with van der Waals surface area (Å²) < 4.78 is 14.1. The number of carbonyl (C=O) groups is 1. The highest BCUT2D eigenvalue weighted by Crippen LogP contribution is 2.28. The second-order valence-electron chi connectivity index (χ2n) is 5.30. The van der Waals surface area contributed by atoms with Crippen molar-refractivity contribution in [1.82, 2.24) is 9.97 Å². The molecule has 25 heavy (non-hydrogen) atoms. The van der Waals surface area contributed by atoms with Gasteiger partial charge < -0.3 is 22.1 Å². The average Bonchev–Trinajstić information content (AvgIpc) is 2.62. The minimum Gasteiger partial charge on any atom is -0.366 e. The van der Waals surface area contributed by atoms with Crippen LogP contribution < -0.4 is 22.1 Å². The van der Waals surface area contributed by atoms with Gasteiger partial charge >= 0.3 is 0 Å². The number of amides is 1. The Kier molecular flexibility index (Phi) is 4.71. The first-order valence-corrected chi connectivity index (χ1v) is 7.65. The third-order valence-corrected chi connectivity index (χ3v) is 3.58. The number of hydrogen-bond acceptors (Lipinski definition) is 6. The Hall–Kier alpha value is -3.26. The number of halogens is 1. The number of nitrogens with one attached hydrogen (secondary N) is 2. The molecule has 3 rings (SSSR count). The lowest BCUT2D eigenvalue weighted by atomic mass is 10.1. The molecule has 8 heteroatoms. The van der Waals surface area contributed by atoms with Gasteiger partial charge in [0.1, 0.15) is 5.82 Å². The van der Waals surface area contributed by atoms with Gasteiger partial charge in [0.2, 0.25) is 0 Å². The van der Waals surface area contributed by atoms with Crippen LogP contribution in [-0.2, 0) is 0 Å². The number of nitrogens with zero attached hydrogens (tertiary/aromatic N) is 2. The van der Waals surface area contributed by atoms with Gasteiger partial charge in [0.25, 0.3) is 5.91 Å². The van der Waals surface area contributed by atoms with Crippen molar-refractivity contribution in [3.05, 3.63) is 54.0 Å². The highest BCUT2D eigenvalue weighted by atomic mass is 19.1. The van der Waals surface area contributed by atoms with Gasteiger partial charge in [-0.15, -0.1) is 0 Å². The Morgan fingerprint density at radius 1 is 1.20 bits per heavy atom. The molecular weight excluding hydrogens is 323 g/mol. The van der Waals surface area contributed by atoms with Gasteiger partial charge in [-0.05, 0) is 30.3 Å². The Morgan fingerprint density at radius 2 is 2.04 bits per heavy atom. The number of carbonyl (C=O) groups excluding carboxylic acids is 1. The van der Waals surface area contributed by atoms with E-state index in [0.29, 0.717) is 18.8 Å². The van der Waals surface area contributed by atoms with E-state index in [4.69, 9.17) is 11.5 Å². The van der Waals surface area contributed by atoms with Crippen LogP contribution in [0.5, 0.6) is 0 Å². The molecule has 0 aliphatic rings. The maximum atomic E-state index is 14.1. The summed E-state index contributed by atoms with van der Waals surface area (Å²) in [5.74, 6) is -1.30. The lowest BCUT2D eigenvalue weighted by molar-refractivity contribution is 0.100. The van der Waals surface area contributed by atoms with Gasteiger partial charge in [-0.3, -0.25) is 9.78 Å². The fourth-order valence-electron chi connectivity index (χ4n) is 2.43. The third kappa shape index (κ3) is 3.48. The number of nitrogens with two attached hydrogens (primary N) is 2. The number of pyridine rings is 2. The van der Waals surface area contributed by atoms with Gasteiger partial charge in [0.15, 0.2) is 11.6 Å². The molecule has 0 saturated heterocycles. The summed E-state index contributed by atoms with van der Waals surface area (Å²) in [5, 5.41) is 6.66. The van der Waals surface area contributed by atoms with Crippen molar-refractivity contribution in [3.63, 3.8) is 0 Å². The SMILES string of the molecule is NCCNc1nc(Nc2cccc3ncccc23)c(C(N)=O)cc1F. The molecule has 7 nitrogen and oxygen atoms in total. The Labute approximate surface area is 143 Å². The van der Waals surface area contributed by atoms with Gasteiger partial charge in [0, 0.05) is 30.4 Å². The monoisotopic (exact) mass is 340 g/mol. The first kappa shape index (κ1) is 16.6. The number of aromatic nitrogens is 2. The van der Waals surface area contributed by atoms with E-state index in [1.807, 2.05) is 24.3 Å². The van der Waals surface area contributed by atoms with E-state index in [9.17, 15) is 9.18 Å². The van der Waals surface area contributed by atoms with Crippen molar-refractivity contribution in [2.75, 3.05) is 23.7 Å². The van der Waals surface area contributed by atoms with Crippen LogP contribution in [-0.4, -0.2) is 29.0 Å². The highest BCUT2D eigenvalue weighted by molar-refractivity contribution is 6.00. The van der Waals surface area contributed by atoms with E-state index in [1.165, 1.54) is 0 Å². The van der Waals surface area contributed by atoms with E-state index < -0.39 is 11.7 Å². The molecule has 6 N–H and O–H groups in total. The zero-order valence-electron chi connectivity index (χ0n) is 13.3. The molecule has 0 spiro atoms. The topological polar surface area (TPSA) is 119 Å². The summed E-state index contributed by atoms with van der Waals surface area (Å²) in [6.07, 6.45) is 1.69. The molecule has 0 saturated carbocycles. The summed E-state index contributed by atoms with van der Waals surface area (Å²) in [5.41, 5.74) is 12.2. The number of hydrogen-bond donors (Lipinski definition) is 4. The average molecular weight is 340 g/mol. The molecule has 0 unspecified atom stereocenters. The molecule has 2 heterocycles. The number of anilines is 3. The second-order valence-corrected chi connectivity index (χ2v) is 5.30. The smallest absolute Gasteiger partial charge is 0.252 e. The Bertz CT molecular complexity index is 925. The van der Waals surface area contributed by atoms with Crippen LogP contribution in [0.15, 0.2) is 42.6 Å². The van der Waals surface area contributed by atoms with Crippen LogP contribution in [0.4, 0.5) is 21.7 Å². The quantitative estimate of drug-likeness (QED) is 0.545. The van der Waals surface area contributed by atoms with Gasteiger partial charge in [-0.2, -0.15) is 0 Å². The molecule has 128 valence electrons. The number of primary amides is 1. The minimum atomic E-state index is -0.780. The second kappa shape index (κ2) is 7.10. The molecule has 2 aromatic heterocycles. The number of rotatable bonds is 6. The fraction of sp³-hybridized carbons (Fsp3) is 0.118. The van der Waals surface area contributed by atoms with Crippen molar-refractivity contribution in [2.24, 2.45) is 11.5 Å². The first-order chi connectivity index (χ1) is 12.1. The predicted octanol–water partition coefficient (Wildman–Crippen LogP) is 1.98. The molecule has 3 aromatic rings. The maximum absolute atomic E-state index is 14.1. The maximum Gasteiger partial charge on any atom is 0.252 e. The number of benzene rings is 1. The number of fused-ring (bicyclic) bond motifs is 1. The molecule has 0 aliphatic carbocycles. The van der Waals surface area contributed by atoms with Gasteiger partial charge in [0.05, 0.1) is 11.1 Å². The lowest BCUT2D eigenvalue weighted by Crippen LogP contribution is -2.18. The van der Waals surface area contributed by atoms with Crippen molar-refractivity contribution in [2.45, 2.75) is 0 Å². The first-order valence-electron chi connectivity index (χ1n) is 7.65. The standard InChI is InChI=1S/C17H17FN6O/c18-12-9-11(15(20)25)16(24-17(12)22-8-6-19)23-14-5-1-4-13-10(14)3-2-7-21-13/h1-5,7,9H,6,8,19H2,(H2,20,25)(H2,22,23,24). The molecule has 1 amide bonds. The summed E-state index contributed by atoms with van der Waals surface area (Å²) >= 11 is 0. The van der Waals surface area contributed by atoms with Gasteiger partial charge in [-0.25, -0.2) is 9.37 Å². The molecule has 0 radical (unpaired) electrons. The molecule has 0 atom stereocenters. The van der Waals surface area contributed by atoms with Crippen LogP contribution >= 0.6 is 0 Å². The Balaban J connectivity index is 2.06. The van der Waals surface area contributed by atoms with Crippen LogP contribution in [0.3, 0.4) is 0 Å². The van der Waals surface area contributed by atoms with Crippen LogP contribution in [0.2, 0.25) is 0 Å². The van der Waals surface area contributed by atoms with Crippen molar-refractivity contribution < 1.29 is 9.18 Å².